The number of hydrogen-bond donors (Lipinski definition) is 3. The summed E-state index contributed by atoms with van der Waals surface area (Å²) in [6.45, 7) is 4.27. The lowest BCUT2D eigenvalue weighted by molar-refractivity contribution is -0.123. The van der Waals surface area contributed by atoms with Crippen LogP contribution in [0.5, 0.6) is 0 Å². The molecule has 4 nitrogen and oxygen atoms in total. The van der Waals surface area contributed by atoms with E-state index in [1.807, 2.05) is 0 Å². The molecule has 32 heavy (non-hydrogen) atoms. The lowest BCUT2D eigenvalue weighted by Crippen LogP contribution is -2.45. The molecule has 0 unspecified atom stereocenters. The Bertz CT molecular complexity index is 425. The zero-order chi connectivity index (χ0) is 23.7. The van der Waals surface area contributed by atoms with E-state index >= 15 is 0 Å². The van der Waals surface area contributed by atoms with Gasteiger partial charge in [0.1, 0.15) is 0 Å². The second kappa shape index (κ2) is 24.8. The summed E-state index contributed by atoms with van der Waals surface area (Å²) in [6.07, 6.45) is 26.8. The van der Waals surface area contributed by atoms with E-state index in [2.05, 4.69) is 31.3 Å². The van der Waals surface area contributed by atoms with Crippen LogP contribution in [0.15, 0.2) is 12.2 Å². The van der Waals surface area contributed by atoms with Crippen molar-refractivity contribution in [3.05, 3.63) is 12.2 Å². The monoisotopic (exact) mass is 453 g/mol. The van der Waals surface area contributed by atoms with Crippen LogP contribution in [0.1, 0.15) is 142 Å². The molecule has 0 fully saturated rings. The quantitative estimate of drug-likeness (QED) is 0.107. The van der Waals surface area contributed by atoms with Gasteiger partial charge in [0.05, 0.1) is 18.8 Å². The highest BCUT2D eigenvalue weighted by Gasteiger charge is 2.19. The lowest BCUT2D eigenvalue weighted by atomic mass is 10.0. The third-order valence-electron chi connectivity index (χ3n) is 6.28. The van der Waals surface area contributed by atoms with Crippen LogP contribution in [0, 0.1) is 0 Å². The Morgan fingerprint density at radius 1 is 0.719 bits per heavy atom. The Kier molecular flexibility index (Phi) is 24.1. The summed E-state index contributed by atoms with van der Waals surface area (Å²) in [7, 11) is 0. The minimum Gasteiger partial charge on any atom is -0.394 e. The van der Waals surface area contributed by atoms with Crippen LogP contribution in [0.4, 0.5) is 0 Å². The molecule has 0 heterocycles. The van der Waals surface area contributed by atoms with Crippen molar-refractivity contribution >= 4 is 5.91 Å². The Balaban J connectivity index is 3.67. The second-order valence-electron chi connectivity index (χ2n) is 9.46. The molecule has 0 aromatic carbocycles. The van der Waals surface area contributed by atoms with E-state index in [4.69, 9.17) is 0 Å². The molecule has 0 saturated heterocycles. The number of rotatable bonds is 24. The van der Waals surface area contributed by atoms with Gasteiger partial charge < -0.3 is 15.5 Å². The first-order valence-electron chi connectivity index (χ1n) is 13.9. The molecule has 0 aliphatic rings. The average Bonchev–Trinajstić information content (AvgIpc) is 2.79. The van der Waals surface area contributed by atoms with Gasteiger partial charge in [0.25, 0.3) is 0 Å². The highest BCUT2D eigenvalue weighted by molar-refractivity contribution is 5.76. The summed E-state index contributed by atoms with van der Waals surface area (Å²) in [6, 6.07) is -0.542. The number of carbonyl (C=O) groups excluding carboxylic acids is 1. The average molecular weight is 454 g/mol. The minimum atomic E-state index is -0.671. The van der Waals surface area contributed by atoms with E-state index in [0.29, 0.717) is 12.8 Å². The number of aliphatic hydroxyl groups excluding tert-OH is 2. The first-order valence-corrected chi connectivity index (χ1v) is 13.9. The number of allylic oxidation sites excluding steroid dienone is 2. The summed E-state index contributed by atoms with van der Waals surface area (Å²) in [5.41, 5.74) is 0. The molecule has 0 aliphatic heterocycles. The molecule has 0 bridgehead atoms. The van der Waals surface area contributed by atoms with Gasteiger partial charge in [-0.25, -0.2) is 0 Å². The maximum atomic E-state index is 12.2. The van der Waals surface area contributed by atoms with E-state index in [1.165, 1.54) is 77.0 Å². The van der Waals surface area contributed by atoms with Crippen molar-refractivity contribution in [3.63, 3.8) is 0 Å². The van der Waals surface area contributed by atoms with E-state index in [-0.39, 0.29) is 12.5 Å². The Morgan fingerprint density at radius 2 is 1.19 bits per heavy atom. The third-order valence-corrected chi connectivity index (χ3v) is 6.28. The summed E-state index contributed by atoms with van der Waals surface area (Å²) in [4.78, 5) is 12.2. The van der Waals surface area contributed by atoms with Crippen LogP contribution in [0.2, 0.25) is 0 Å². The number of hydrogen-bond acceptors (Lipinski definition) is 3. The first-order chi connectivity index (χ1) is 15.7. The number of carbonyl (C=O) groups is 1. The number of nitrogens with one attached hydrogen (secondary N) is 1. The first kappa shape index (κ1) is 31.1. The Labute approximate surface area is 199 Å². The van der Waals surface area contributed by atoms with Crippen LogP contribution in [0.3, 0.4) is 0 Å². The minimum absolute atomic E-state index is 0.0472. The van der Waals surface area contributed by atoms with Crippen molar-refractivity contribution < 1.29 is 15.0 Å². The normalized spacial score (nSPS) is 13.5. The molecular formula is C28H55NO3. The van der Waals surface area contributed by atoms with Gasteiger partial charge in [-0.1, -0.05) is 109 Å². The van der Waals surface area contributed by atoms with Crippen molar-refractivity contribution in [1.29, 1.82) is 0 Å². The molecule has 0 rings (SSSR count). The van der Waals surface area contributed by atoms with Gasteiger partial charge in [-0.05, 0) is 38.5 Å². The second-order valence-corrected chi connectivity index (χ2v) is 9.46. The summed E-state index contributed by atoms with van der Waals surface area (Å²) >= 11 is 0. The zero-order valence-electron chi connectivity index (χ0n) is 21.5. The topological polar surface area (TPSA) is 69.6 Å². The molecule has 0 saturated carbocycles. The fourth-order valence-electron chi connectivity index (χ4n) is 4.06. The largest absolute Gasteiger partial charge is 0.394 e. The molecule has 1 amide bonds. The fourth-order valence-corrected chi connectivity index (χ4v) is 4.06. The highest BCUT2D eigenvalue weighted by Crippen LogP contribution is 2.12. The Hall–Kier alpha value is -0.870. The van der Waals surface area contributed by atoms with Crippen molar-refractivity contribution in [2.24, 2.45) is 0 Å². The van der Waals surface area contributed by atoms with Crippen LogP contribution >= 0.6 is 0 Å². The van der Waals surface area contributed by atoms with Gasteiger partial charge >= 0.3 is 0 Å². The van der Waals surface area contributed by atoms with Crippen molar-refractivity contribution in [2.75, 3.05) is 6.61 Å². The molecular weight excluding hydrogens is 398 g/mol. The van der Waals surface area contributed by atoms with Gasteiger partial charge in [-0.3, -0.25) is 4.79 Å². The van der Waals surface area contributed by atoms with Gasteiger partial charge in [-0.15, -0.1) is 0 Å². The van der Waals surface area contributed by atoms with Crippen LogP contribution in [-0.2, 0) is 4.79 Å². The van der Waals surface area contributed by atoms with E-state index < -0.39 is 12.1 Å². The predicted octanol–water partition coefficient (Wildman–Crippen LogP) is 7.22. The summed E-state index contributed by atoms with van der Waals surface area (Å²) in [5, 5.41) is 22.7. The highest BCUT2D eigenvalue weighted by atomic mass is 16.3. The third kappa shape index (κ3) is 21.0. The summed E-state index contributed by atoms with van der Waals surface area (Å²) in [5.74, 6) is -0.0472. The zero-order valence-corrected chi connectivity index (χ0v) is 21.5. The lowest BCUT2D eigenvalue weighted by Gasteiger charge is -2.22. The molecule has 0 aromatic heterocycles. The van der Waals surface area contributed by atoms with Crippen LogP contribution < -0.4 is 5.32 Å². The smallest absolute Gasteiger partial charge is 0.220 e. The van der Waals surface area contributed by atoms with Gasteiger partial charge in [0.15, 0.2) is 0 Å². The van der Waals surface area contributed by atoms with Crippen molar-refractivity contribution in [3.8, 4) is 0 Å². The molecule has 0 spiro atoms. The predicted molar refractivity (Wildman–Crippen MR) is 138 cm³/mol. The van der Waals surface area contributed by atoms with E-state index in [0.717, 1.165) is 38.5 Å². The molecule has 3 N–H and O–H groups in total. The number of aliphatic hydroxyl groups is 2. The SMILES string of the molecule is CCCCC/C=C/CCCC[C@@H](O)[C@H](CO)NC(=O)CCCCCCCCCCCCC. The van der Waals surface area contributed by atoms with Crippen LogP contribution in [0.25, 0.3) is 0 Å². The maximum absolute atomic E-state index is 12.2. The number of unbranched alkanes of at least 4 members (excludes halogenated alkanes) is 15. The molecule has 0 aliphatic carbocycles. The standard InChI is InChI=1S/C28H55NO3/c1-3-5-7-9-11-13-14-16-18-20-22-24-28(32)29-26(25-30)27(31)23-21-19-17-15-12-10-8-6-4-2/h12,15,26-27,30-31H,3-11,13-14,16-25H2,1-2H3,(H,29,32)/b15-12+/t26-,27+/m0/s1. The molecule has 2 atom stereocenters. The fraction of sp³-hybridized carbons (Fsp3) is 0.893. The van der Waals surface area contributed by atoms with Crippen molar-refractivity contribution in [1.82, 2.24) is 5.32 Å². The number of amides is 1. The molecule has 4 heteroatoms. The van der Waals surface area contributed by atoms with E-state index in [1.54, 1.807) is 0 Å². The van der Waals surface area contributed by atoms with Gasteiger partial charge in [0.2, 0.25) is 5.91 Å². The summed E-state index contributed by atoms with van der Waals surface area (Å²) < 4.78 is 0. The molecule has 0 radical (unpaired) electrons. The van der Waals surface area contributed by atoms with E-state index in [9.17, 15) is 15.0 Å². The molecule has 0 aromatic rings. The van der Waals surface area contributed by atoms with Gasteiger partial charge in [-0.2, -0.15) is 0 Å². The van der Waals surface area contributed by atoms with Crippen molar-refractivity contribution in [2.45, 2.75) is 154 Å². The Morgan fingerprint density at radius 3 is 1.72 bits per heavy atom. The maximum Gasteiger partial charge on any atom is 0.220 e. The van der Waals surface area contributed by atoms with Crippen LogP contribution in [-0.4, -0.2) is 34.9 Å². The van der Waals surface area contributed by atoms with Gasteiger partial charge in [0, 0.05) is 6.42 Å². The molecule has 190 valence electrons.